The smallest absolute Gasteiger partial charge is 0.323 e. The fourth-order valence-electron chi connectivity index (χ4n) is 2.88. The molecule has 2 aromatic heterocycles. The molecule has 2 amide bonds. The van der Waals surface area contributed by atoms with E-state index in [-0.39, 0.29) is 11.9 Å². The third-order valence-corrected chi connectivity index (χ3v) is 4.39. The van der Waals surface area contributed by atoms with E-state index in [9.17, 15) is 13.6 Å². The first-order chi connectivity index (χ1) is 14.1. The van der Waals surface area contributed by atoms with E-state index in [4.69, 9.17) is 0 Å². The van der Waals surface area contributed by atoms with Gasteiger partial charge < -0.3 is 9.80 Å². The zero-order valence-corrected chi connectivity index (χ0v) is 15.2. The van der Waals surface area contributed by atoms with Gasteiger partial charge in [-0.25, -0.2) is 23.5 Å². The normalized spacial score (nSPS) is 14.0. The fraction of sp³-hybridized carbons (Fsp3) is 0.222. The van der Waals surface area contributed by atoms with Gasteiger partial charge in [0.05, 0.1) is 0 Å². The average Bonchev–Trinajstić information content (AvgIpc) is 2.76. The summed E-state index contributed by atoms with van der Waals surface area (Å²) in [7, 11) is 0. The maximum Gasteiger partial charge on any atom is 0.323 e. The molecule has 1 fully saturated rings. The van der Waals surface area contributed by atoms with Gasteiger partial charge in [-0.15, -0.1) is 5.10 Å². The number of rotatable bonds is 3. The van der Waals surface area contributed by atoms with Crippen LogP contribution in [0.3, 0.4) is 0 Å². The van der Waals surface area contributed by atoms with Crippen molar-refractivity contribution in [2.45, 2.75) is 0 Å². The van der Waals surface area contributed by atoms with Gasteiger partial charge in [-0.3, -0.25) is 5.32 Å². The first kappa shape index (κ1) is 18.6. The summed E-state index contributed by atoms with van der Waals surface area (Å²) in [6.45, 7) is 1.93. The van der Waals surface area contributed by atoms with Gasteiger partial charge in [0, 0.05) is 37.9 Å². The van der Waals surface area contributed by atoms with Gasteiger partial charge in [0.2, 0.25) is 5.95 Å². The molecule has 148 valence electrons. The van der Waals surface area contributed by atoms with E-state index in [0.717, 1.165) is 12.1 Å². The van der Waals surface area contributed by atoms with Crippen LogP contribution < -0.4 is 10.2 Å². The number of hydrogen-bond acceptors (Lipinski definition) is 7. The number of benzene rings is 1. The maximum absolute atomic E-state index is 13.5. The van der Waals surface area contributed by atoms with E-state index >= 15 is 0 Å². The van der Waals surface area contributed by atoms with Crippen LogP contribution in [-0.2, 0) is 0 Å². The second-order valence-corrected chi connectivity index (χ2v) is 6.25. The largest absolute Gasteiger partial charge is 0.337 e. The molecule has 1 saturated heterocycles. The van der Waals surface area contributed by atoms with Crippen molar-refractivity contribution in [2.24, 2.45) is 0 Å². The Labute approximate surface area is 164 Å². The Morgan fingerprint density at radius 3 is 2.59 bits per heavy atom. The van der Waals surface area contributed by atoms with Crippen LogP contribution in [0.15, 0.2) is 42.9 Å². The molecule has 0 spiro atoms. The quantitative estimate of drug-likeness (QED) is 0.720. The Bertz CT molecular complexity index is 1010. The molecule has 1 N–H and O–H groups in total. The van der Waals surface area contributed by atoms with E-state index in [1.165, 1.54) is 18.6 Å². The van der Waals surface area contributed by atoms with Crippen LogP contribution in [0.5, 0.6) is 0 Å². The summed E-state index contributed by atoms with van der Waals surface area (Å²) in [5, 5.41) is 10.2. The van der Waals surface area contributed by atoms with E-state index in [2.05, 4.69) is 30.5 Å². The number of carbonyl (C=O) groups excluding carboxylic acids is 1. The summed E-state index contributed by atoms with van der Waals surface area (Å²) < 4.78 is 26.6. The van der Waals surface area contributed by atoms with Crippen molar-refractivity contribution in [3.8, 4) is 11.4 Å². The number of halogens is 2. The van der Waals surface area contributed by atoms with Gasteiger partial charge in [-0.2, -0.15) is 10.1 Å². The number of aromatic nitrogens is 5. The van der Waals surface area contributed by atoms with Gasteiger partial charge >= 0.3 is 6.03 Å². The van der Waals surface area contributed by atoms with Crippen molar-refractivity contribution in [2.75, 3.05) is 36.4 Å². The van der Waals surface area contributed by atoms with Crippen molar-refractivity contribution in [3.05, 3.63) is 54.5 Å². The molecule has 0 aliphatic carbocycles. The first-order valence-corrected chi connectivity index (χ1v) is 8.83. The molecule has 3 heterocycles. The fourth-order valence-corrected chi connectivity index (χ4v) is 2.88. The Hall–Kier alpha value is -3.76. The molecule has 0 bridgehead atoms. The molecule has 0 radical (unpaired) electrons. The van der Waals surface area contributed by atoms with Crippen molar-refractivity contribution >= 4 is 17.8 Å². The molecule has 0 atom stereocenters. The zero-order valence-electron chi connectivity index (χ0n) is 15.2. The lowest BCUT2D eigenvalue weighted by atomic mass is 10.2. The highest BCUT2D eigenvalue weighted by Crippen LogP contribution is 2.20. The van der Waals surface area contributed by atoms with E-state index < -0.39 is 11.6 Å². The SMILES string of the molecule is O=C(Nc1cccnn1)N1CCN(c2ncnc(-c3ccc(F)c(F)c3)n2)CC1. The molecule has 1 aromatic carbocycles. The third-order valence-electron chi connectivity index (χ3n) is 4.39. The van der Waals surface area contributed by atoms with Crippen LogP contribution in [0.25, 0.3) is 11.4 Å². The molecule has 3 aromatic rings. The Morgan fingerprint density at radius 1 is 1.03 bits per heavy atom. The van der Waals surface area contributed by atoms with Gasteiger partial charge in [-0.1, -0.05) is 0 Å². The van der Waals surface area contributed by atoms with Crippen molar-refractivity contribution in [1.29, 1.82) is 0 Å². The minimum Gasteiger partial charge on any atom is -0.337 e. The first-order valence-electron chi connectivity index (χ1n) is 8.83. The lowest BCUT2D eigenvalue weighted by Crippen LogP contribution is -2.50. The van der Waals surface area contributed by atoms with Crippen molar-refractivity contribution in [3.63, 3.8) is 0 Å². The number of piperazine rings is 1. The van der Waals surface area contributed by atoms with Gasteiger partial charge in [0.15, 0.2) is 23.3 Å². The standard InChI is InChI=1S/C18H16F2N8O/c19-13-4-3-12(10-14(13)20)16-21-11-22-17(25-16)27-6-8-28(9-7-27)18(29)24-15-2-1-5-23-26-15/h1-5,10-11H,6-9H2,(H,24,26,29). The van der Waals surface area contributed by atoms with Crippen LogP contribution in [-0.4, -0.2) is 62.3 Å². The Balaban J connectivity index is 1.41. The van der Waals surface area contributed by atoms with E-state index in [1.807, 2.05) is 4.90 Å². The Morgan fingerprint density at radius 2 is 1.86 bits per heavy atom. The number of nitrogens with zero attached hydrogens (tertiary/aromatic N) is 7. The summed E-state index contributed by atoms with van der Waals surface area (Å²) in [5.74, 6) is -0.856. The van der Waals surface area contributed by atoms with Crippen LogP contribution in [0.2, 0.25) is 0 Å². The van der Waals surface area contributed by atoms with Gasteiger partial charge in [-0.05, 0) is 30.3 Å². The zero-order chi connectivity index (χ0) is 20.2. The molecule has 11 heteroatoms. The molecule has 1 aliphatic rings. The number of hydrogen-bond donors (Lipinski definition) is 1. The molecule has 0 unspecified atom stereocenters. The van der Waals surface area contributed by atoms with Crippen LogP contribution in [0.4, 0.5) is 25.3 Å². The molecular formula is C18H16F2N8O. The third kappa shape index (κ3) is 4.23. The summed E-state index contributed by atoms with van der Waals surface area (Å²) in [5.41, 5.74) is 0.356. The monoisotopic (exact) mass is 398 g/mol. The van der Waals surface area contributed by atoms with Crippen molar-refractivity contribution in [1.82, 2.24) is 30.0 Å². The van der Waals surface area contributed by atoms with E-state index in [1.54, 1.807) is 17.0 Å². The number of amides is 2. The topological polar surface area (TPSA) is 100 Å². The molecule has 29 heavy (non-hydrogen) atoms. The highest BCUT2D eigenvalue weighted by molar-refractivity contribution is 5.88. The predicted octanol–water partition coefficient (Wildman–Crippen LogP) is 1.96. The lowest BCUT2D eigenvalue weighted by molar-refractivity contribution is 0.208. The summed E-state index contributed by atoms with van der Waals surface area (Å²) in [6.07, 6.45) is 2.85. The molecule has 9 nitrogen and oxygen atoms in total. The molecule has 4 rings (SSSR count). The molecule has 1 aliphatic heterocycles. The second-order valence-electron chi connectivity index (χ2n) is 6.25. The van der Waals surface area contributed by atoms with E-state index in [0.29, 0.717) is 43.5 Å². The summed E-state index contributed by atoms with van der Waals surface area (Å²) >= 11 is 0. The van der Waals surface area contributed by atoms with Crippen LogP contribution >= 0.6 is 0 Å². The van der Waals surface area contributed by atoms with Crippen LogP contribution in [0.1, 0.15) is 0 Å². The number of anilines is 2. The Kier molecular flexibility index (Phi) is 5.18. The maximum atomic E-state index is 13.5. The number of carbonyl (C=O) groups is 1. The van der Waals surface area contributed by atoms with Crippen LogP contribution in [0, 0.1) is 11.6 Å². The number of nitrogens with one attached hydrogen (secondary N) is 1. The van der Waals surface area contributed by atoms with Gasteiger partial charge in [0.1, 0.15) is 6.33 Å². The number of urea groups is 1. The predicted molar refractivity (Wildman–Crippen MR) is 100 cm³/mol. The van der Waals surface area contributed by atoms with Gasteiger partial charge in [0.25, 0.3) is 0 Å². The molecular weight excluding hydrogens is 382 g/mol. The minimum atomic E-state index is -0.966. The lowest BCUT2D eigenvalue weighted by Gasteiger charge is -2.34. The highest BCUT2D eigenvalue weighted by atomic mass is 19.2. The summed E-state index contributed by atoms with van der Waals surface area (Å²) in [6, 6.07) is 6.57. The second kappa shape index (κ2) is 8.09. The minimum absolute atomic E-state index is 0.247. The van der Waals surface area contributed by atoms with Crippen molar-refractivity contribution < 1.29 is 13.6 Å². The highest BCUT2D eigenvalue weighted by Gasteiger charge is 2.23. The molecule has 0 saturated carbocycles. The summed E-state index contributed by atoms with van der Waals surface area (Å²) in [4.78, 5) is 28.4. The average molecular weight is 398 g/mol.